The maximum Gasteiger partial charge on any atom is 0.286 e. The van der Waals surface area contributed by atoms with Gasteiger partial charge in [0.15, 0.2) is 0 Å². The van der Waals surface area contributed by atoms with Crippen LogP contribution in [0.1, 0.15) is 9.80 Å². The van der Waals surface area contributed by atoms with Crippen molar-refractivity contribution in [3.05, 3.63) is 33.0 Å². The van der Waals surface area contributed by atoms with Crippen LogP contribution in [-0.4, -0.2) is 21.1 Å². The van der Waals surface area contributed by atoms with Crippen molar-refractivity contribution in [2.45, 2.75) is 0 Å². The van der Waals surface area contributed by atoms with Gasteiger partial charge in [0.2, 0.25) is 9.47 Å². The van der Waals surface area contributed by atoms with Crippen LogP contribution in [0.15, 0.2) is 18.3 Å². The van der Waals surface area contributed by atoms with E-state index in [2.05, 4.69) is 20.5 Å². The molecule has 0 fully saturated rings. The van der Waals surface area contributed by atoms with Crippen LogP contribution in [0.25, 0.3) is 0 Å². The standard InChI is InChI=1S/C8H4Cl2N4OS/c9-5-3-4(1-2-11-5)12-6(15)7-13-14-8(10)16-7/h1-3H,(H,11,12,15). The number of hydrogen-bond donors (Lipinski definition) is 1. The summed E-state index contributed by atoms with van der Waals surface area (Å²) in [7, 11) is 0. The molecule has 2 rings (SSSR count). The molecule has 0 radical (unpaired) electrons. The van der Waals surface area contributed by atoms with E-state index >= 15 is 0 Å². The zero-order chi connectivity index (χ0) is 11.5. The van der Waals surface area contributed by atoms with Gasteiger partial charge < -0.3 is 5.32 Å². The molecule has 2 aromatic rings. The monoisotopic (exact) mass is 274 g/mol. The molecule has 0 aliphatic rings. The smallest absolute Gasteiger partial charge is 0.286 e. The third-order valence-electron chi connectivity index (χ3n) is 1.58. The molecule has 5 nitrogen and oxygen atoms in total. The molecule has 82 valence electrons. The van der Waals surface area contributed by atoms with Crippen LogP contribution in [0.5, 0.6) is 0 Å². The number of pyridine rings is 1. The largest absolute Gasteiger partial charge is 0.320 e. The Bertz CT molecular complexity index is 530. The van der Waals surface area contributed by atoms with Gasteiger partial charge in [-0.05, 0) is 23.7 Å². The molecule has 8 heteroatoms. The van der Waals surface area contributed by atoms with Gasteiger partial charge in [0, 0.05) is 11.9 Å². The van der Waals surface area contributed by atoms with E-state index in [1.54, 1.807) is 6.07 Å². The molecule has 0 atom stereocenters. The van der Waals surface area contributed by atoms with Gasteiger partial charge in [-0.3, -0.25) is 4.79 Å². The van der Waals surface area contributed by atoms with E-state index in [4.69, 9.17) is 23.2 Å². The Hall–Kier alpha value is -1.24. The molecular formula is C8H4Cl2N4OS. The Kier molecular flexibility index (Phi) is 3.33. The highest BCUT2D eigenvalue weighted by Crippen LogP contribution is 2.17. The molecule has 0 aromatic carbocycles. The summed E-state index contributed by atoms with van der Waals surface area (Å²) in [5.74, 6) is -0.383. The molecule has 0 saturated carbocycles. The molecule has 0 aliphatic carbocycles. The third kappa shape index (κ3) is 2.66. The van der Waals surface area contributed by atoms with E-state index in [0.29, 0.717) is 10.8 Å². The minimum absolute atomic E-state index is 0.193. The molecule has 1 amide bonds. The lowest BCUT2D eigenvalue weighted by molar-refractivity contribution is 0.102. The number of anilines is 1. The molecule has 0 bridgehead atoms. The van der Waals surface area contributed by atoms with Crippen LogP contribution >= 0.6 is 34.5 Å². The van der Waals surface area contributed by atoms with Gasteiger partial charge >= 0.3 is 0 Å². The average molecular weight is 275 g/mol. The quantitative estimate of drug-likeness (QED) is 0.855. The van der Waals surface area contributed by atoms with Crippen molar-refractivity contribution >= 4 is 46.1 Å². The lowest BCUT2D eigenvalue weighted by Crippen LogP contribution is -2.11. The number of aromatic nitrogens is 3. The Morgan fingerprint density at radius 2 is 2.19 bits per heavy atom. The van der Waals surface area contributed by atoms with Crippen LogP contribution in [0, 0.1) is 0 Å². The van der Waals surface area contributed by atoms with Crippen LogP contribution < -0.4 is 5.32 Å². The molecule has 0 unspecified atom stereocenters. The van der Waals surface area contributed by atoms with E-state index in [0.717, 1.165) is 11.3 Å². The molecular weight excluding hydrogens is 271 g/mol. The van der Waals surface area contributed by atoms with Gasteiger partial charge in [-0.15, -0.1) is 10.2 Å². The maximum atomic E-state index is 11.6. The highest BCUT2D eigenvalue weighted by atomic mass is 35.5. The SMILES string of the molecule is O=C(Nc1ccnc(Cl)c1)c1nnc(Cl)s1. The normalized spacial score (nSPS) is 10.1. The Morgan fingerprint density at radius 1 is 1.38 bits per heavy atom. The van der Waals surface area contributed by atoms with Gasteiger partial charge in [-0.2, -0.15) is 0 Å². The summed E-state index contributed by atoms with van der Waals surface area (Å²) in [5, 5.41) is 10.2. The summed E-state index contributed by atoms with van der Waals surface area (Å²) in [5.41, 5.74) is 0.538. The number of nitrogens with one attached hydrogen (secondary N) is 1. The van der Waals surface area contributed by atoms with Crippen LogP contribution in [0.3, 0.4) is 0 Å². The summed E-state index contributed by atoms with van der Waals surface area (Å²) >= 11 is 12.2. The predicted octanol–water partition coefficient (Wildman–Crippen LogP) is 2.49. The Balaban J connectivity index is 2.13. The minimum Gasteiger partial charge on any atom is -0.320 e. The van der Waals surface area contributed by atoms with Crippen molar-refractivity contribution in [1.82, 2.24) is 15.2 Å². The van der Waals surface area contributed by atoms with E-state index in [9.17, 15) is 4.79 Å². The van der Waals surface area contributed by atoms with Crippen molar-refractivity contribution in [1.29, 1.82) is 0 Å². The molecule has 0 aliphatic heterocycles. The number of halogens is 2. The van der Waals surface area contributed by atoms with Gasteiger partial charge in [-0.25, -0.2) is 4.98 Å². The van der Waals surface area contributed by atoms with Gasteiger partial charge in [0.25, 0.3) is 5.91 Å². The van der Waals surface area contributed by atoms with Crippen molar-refractivity contribution < 1.29 is 4.79 Å². The lowest BCUT2D eigenvalue weighted by atomic mass is 10.4. The molecule has 16 heavy (non-hydrogen) atoms. The van der Waals surface area contributed by atoms with E-state index in [-0.39, 0.29) is 15.4 Å². The maximum absolute atomic E-state index is 11.6. The average Bonchev–Trinajstić information content (AvgIpc) is 2.65. The number of hydrogen-bond acceptors (Lipinski definition) is 5. The minimum atomic E-state index is -0.383. The van der Waals surface area contributed by atoms with Crippen molar-refractivity contribution in [3.63, 3.8) is 0 Å². The number of rotatable bonds is 2. The molecule has 2 aromatic heterocycles. The summed E-state index contributed by atoms with van der Waals surface area (Å²) in [6.45, 7) is 0. The Labute approximate surface area is 104 Å². The van der Waals surface area contributed by atoms with Gasteiger partial charge in [0.05, 0.1) is 0 Å². The zero-order valence-corrected chi connectivity index (χ0v) is 9.97. The highest BCUT2D eigenvalue weighted by Gasteiger charge is 2.12. The fourth-order valence-corrected chi connectivity index (χ4v) is 1.86. The fourth-order valence-electron chi connectivity index (χ4n) is 0.962. The number of carbonyl (C=O) groups excluding carboxylic acids is 1. The summed E-state index contributed by atoms with van der Waals surface area (Å²) in [6.07, 6.45) is 1.49. The topological polar surface area (TPSA) is 67.8 Å². The highest BCUT2D eigenvalue weighted by molar-refractivity contribution is 7.17. The Morgan fingerprint density at radius 3 is 2.81 bits per heavy atom. The van der Waals surface area contributed by atoms with E-state index in [1.165, 1.54) is 12.3 Å². The summed E-state index contributed by atoms with van der Waals surface area (Å²) in [6, 6.07) is 3.15. The lowest BCUT2D eigenvalue weighted by Gasteiger charge is -2.01. The zero-order valence-electron chi connectivity index (χ0n) is 7.65. The van der Waals surface area contributed by atoms with Gasteiger partial charge in [-0.1, -0.05) is 22.9 Å². The first kappa shape index (κ1) is 11.3. The number of amides is 1. The first-order chi connectivity index (χ1) is 7.65. The third-order valence-corrected chi connectivity index (χ3v) is 2.80. The van der Waals surface area contributed by atoms with Crippen molar-refractivity contribution in [3.8, 4) is 0 Å². The number of nitrogens with zero attached hydrogens (tertiary/aromatic N) is 3. The summed E-state index contributed by atoms with van der Waals surface area (Å²) in [4.78, 5) is 15.4. The first-order valence-corrected chi connectivity index (χ1v) is 5.64. The van der Waals surface area contributed by atoms with Crippen molar-refractivity contribution in [2.24, 2.45) is 0 Å². The van der Waals surface area contributed by atoms with Gasteiger partial charge in [0.1, 0.15) is 5.15 Å². The van der Waals surface area contributed by atoms with E-state index in [1.807, 2.05) is 0 Å². The van der Waals surface area contributed by atoms with Crippen LogP contribution in [-0.2, 0) is 0 Å². The second-order valence-electron chi connectivity index (χ2n) is 2.68. The second-order valence-corrected chi connectivity index (χ2v) is 4.63. The molecule has 1 N–H and O–H groups in total. The van der Waals surface area contributed by atoms with E-state index < -0.39 is 0 Å². The van der Waals surface area contributed by atoms with Crippen molar-refractivity contribution in [2.75, 3.05) is 5.32 Å². The first-order valence-electron chi connectivity index (χ1n) is 4.07. The predicted molar refractivity (Wildman–Crippen MR) is 62.1 cm³/mol. The molecule has 0 saturated heterocycles. The number of carbonyl (C=O) groups is 1. The summed E-state index contributed by atoms with van der Waals surface area (Å²) < 4.78 is 0.220. The fraction of sp³-hybridized carbons (Fsp3) is 0. The molecule has 0 spiro atoms. The van der Waals surface area contributed by atoms with Crippen LogP contribution in [0.4, 0.5) is 5.69 Å². The molecule has 2 heterocycles. The van der Waals surface area contributed by atoms with Crippen LogP contribution in [0.2, 0.25) is 9.62 Å². The second kappa shape index (κ2) is 4.73.